The fourth-order valence-corrected chi connectivity index (χ4v) is 3.46. The summed E-state index contributed by atoms with van der Waals surface area (Å²) >= 11 is 1.22. The summed E-state index contributed by atoms with van der Waals surface area (Å²) in [6, 6.07) is 5.53. The lowest BCUT2D eigenvalue weighted by molar-refractivity contribution is -0.124. The highest BCUT2D eigenvalue weighted by Crippen LogP contribution is 2.26. The van der Waals surface area contributed by atoms with Crippen molar-refractivity contribution in [3.8, 4) is 5.69 Å². The molecule has 0 atom stereocenters. The molecule has 1 saturated heterocycles. The Labute approximate surface area is 151 Å². The van der Waals surface area contributed by atoms with E-state index in [0.29, 0.717) is 34.8 Å². The summed E-state index contributed by atoms with van der Waals surface area (Å²) in [7, 11) is 0. The van der Waals surface area contributed by atoms with Crippen LogP contribution in [0.5, 0.6) is 0 Å². The predicted molar refractivity (Wildman–Crippen MR) is 92.5 cm³/mol. The lowest BCUT2D eigenvalue weighted by Gasteiger charge is -2.11. The van der Waals surface area contributed by atoms with Gasteiger partial charge in [0.1, 0.15) is 17.2 Å². The lowest BCUT2D eigenvalue weighted by atomic mass is 10.3. The molecule has 3 aromatic rings. The van der Waals surface area contributed by atoms with E-state index in [1.165, 1.54) is 35.1 Å². The van der Waals surface area contributed by atoms with Crippen molar-refractivity contribution < 1.29 is 14.0 Å². The minimum absolute atomic E-state index is 0.0846. The number of urea groups is 1. The summed E-state index contributed by atoms with van der Waals surface area (Å²) in [5, 5.41) is 8.16. The monoisotopic (exact) mass is 372 g/mol. The van der Waals surface area contributed by atoms with E-state index in [1.54, 1.807) is 23.0 Å². The van der Waals surface area contributed by atoms with E-state index in [-0.39, 0.29) is 23.5 Å². The molecule has 8 nitrogen and oxygen atoms in total. The van der Waals surface area contributed by atoms with Gasteiger partial charge in [0.25, 0.3) is 0 Å². The van der Waals surface area contributed by atoms with Gasteiger partial charge >= 0.3 is 6.03 Å². The summed E-state index contributed by atoms with van der Waals surface area (Å²) in [6.07, 6.45) is 2.99. The normalized spacial score (nSPS) is 14.0. The number of fused-ring (bicyclic) bond motifs is 1. The SMILES string of the molecule is O=C(CSc1ncnc2c1cnn2-c1ccc(F)cc1)N1CCNC1=O. The number of hydrogen-bond acceptors (Lipinski definition) is 6. The highest BCUT2D eigenvalue weighted by Gasteiger charge is 2.26. The third-order valence-corrected chi connectivity index (χ3v) is 4.88. The number of thioether (sulfide) groups is 1. The Bertz CT molecular complexity index is 990. The molecule has 0 bridgehead atoms. The van der Waals surface area contributed by atoms with Crippen LogP contribution in [0.2, 0.25) is 0 Å². The average molecular weight is 372 g/mol. The van der Waals surface area contributed by atoms with Crippen molar-refractivity contribution >= 4 is 34.7 Å². The summed E-state index contributed by atoms with van der Waals surface area (Å²) in [4.78, 5) is 33.4. The molecular weight excluding hydrogens is 359 g/mol. The van der Waals surface area contributed by atoms with Crippen LogP contribution in [-0.4, -0.2) is 55.4 Å². The highest BCUT2D eigenvalue weighted by atomic mass is 32.2. The number of carbonyl (C=O) groups is 2. The third kappa shape index (κ3) is 2.99. The Morgan fingerprint density at radius 3 is 2.81 bits per heavy atom. The Morgan fingerprint density at radius 2 is 2.08 bits per heavy atom. The first-order chi connectivity index (χ1) is 12.6. The van der Waals surface area contributed by atoms with Gasteiger partial charge < -0.3 is 5.32 Å². The molecule has 1 aliphatic rings. The molecule has 26 heavy (non-hydrogen) atoms. The van der Waals surface area contributed by atoms with Crippen LogP contribution in [0.4, 0.5) is 9.18 Å². The van der Waals surface area contributed by atoms with Crippen molar-refractivity contribution in [1.29, 1.82) is 0 Å². The minimum Gasteiger partial charge on any atom is -0.336 e. The molecule has 1 N–H and O–H groups in total. The first-order valence-electron chi connectivity index (χ1n) is 7.79. The van der Waals surface area contributed by atoms with Gasteiger partial charge in [0.05, 0.1) is 23.0 Å². The standard InChI is InChI=1S/C16H13FN6O2S/c17-10-1-3-11(4-2-10)23-14-12(7-21-23)15(20-9-19-14)26-8-13(24)22-6-5-18-16(22)25/h1-4,7,9H,5-6,8H2,(H,18,25). The van der Waals surface area contributed by atoms with Gasteiger partial charge in [-0.1, -0.05) is 11.8 Å². The summed E-state index contributed by atoms with van der Waals surface area (Å²) in [6.45, 7) is 0.845. The van der Waals surface area contributed by atoms with Crippen molar-refractivity contribution in [2.24, 2.45) is 0 Å². The second-order valence-electron chi connectivity index (χ2n) is 5.51. The van der Waals surface area contributed by atoms with Crippen LogP contribution in [-0.2, 0) is 4.79 Å². The van der Waals surface area contributed by atoms with E-state index in [1.807, 2.05) is 0 Å². The molecule has 0 saturated carbocycles. The molecule has 0 aliphatic carbocycles. The van der Waals surface area contributed by atoms with Crippen molar-refractivity contribution in [3.63, 3.8) is 0 Å². The molecule has 4 rings (SSSR count). The fraction of sp³-hybridized carbons (Fsp3) is 0.188. The summed E-state index contributed by atoms with van der Waals surface area (Å²) in [5.41, 5.74) is 1.22. The third-order valence-electron chi connectivity index (χ3n) is 3.89. The molecule has 2 aromatic heterocycles. The number of nitrogens with one attached hydrogen (secondary N) is 1. The molecule has 0 unspecified atom stereocenters. The number of imide groups is 1. The van der Waals surface area contributed by atoms with Gasteiger partial charge in [-0.15, -0.1) is 0 Å². The Hall–Kier alpha value is -3.01. The number of benzene rings is 1. The van der Waals surface area contributed by atoms with E-state index < -0.39 is 0 Å². The van der Waals surface area contributed by atoms with Crippen LogP contribution in [0.15, 0.2) is 41.8 Å². The molecule has 3 amide bonds. The molecule has 0 radical (unpaired) electrons. The molecule has 1 fully saturated rings. The smallest absolute Gasteiger partial charge is 0.324 e. The van der Waals surface area contributed by atoms with Crippen LogP contribution in [0, 0.1) is 5.82 Å². The summed E-state index contributed by atoms with van der Waals surface area (Å²) < 4.78 is 14.7. The molecular formula is C16H13FN6O2S. The van der Waals surface area contributed by atoms with Crippen molar-refractivity contribution in [2.75, 3.05) is 18.8 Å². The zero-order chi connectivity index (χ0) is 18.1. The number of nitrogens with zero attached hydrogens (tertiary/aromatic N) is 5. The molecule has 10 heteroatoms. The van der Waals surface area contributed by atoms with E-state index in [9.17, 15) is 14.0 Å². The number of halogens is 1. The quantitative estimate of drug-likeness (QED) is 0.552. The number of carbonyl (C=O) groups excluding carboxylic acids is 2. The summed E-state index contributed by atoms with van der Waals surface area (Å²) in [5.74, 6) is -0.524. The number of hydrogen-bond donors (Lipinski definition) is 1. The minimum atomic E-state index is -0.368. The van der Waals surface area contributed by atoms with Gasteiger partial charge in [-0.05, 0) is 24.3 Å². The Balaban J connectivity index is 1.58. The van der Waals surface area contributed by atoms with Gasteiger partial charge in [0.2, 0.25) is 5.91 Å². The maximum absolute atomic E-state index is 13.1. The molecule has 3 heterocycles. The van der Waals surface area contributed by atoms with E-state index in [2.05, 4.69) is 20.4 Å². The van der Waals surface area contributed by atoms with Crippen LogP contribution < -0.4 is 5.32 Å². The Morgan fingerprint density at radius 1 is 1.27 bits per heavy atom. The van der Waals surface area contributed by atoms with Crippen LogP contribution >= 0.6 is 11.8 Å². The number of aromatic nitrogens is 4. The highest BCUT2D eigenvalue weighted by molar-refractivity contribution is 8.00. The molecule has 1 aromatic carbocycles. The van der Waals surface area contributed by atoms with Gasteiger partial charge in [-0.2, -0.15) is 5.10 Å². The second-order valence-corrected chi connectivity index (χ2v) is 6.48. The predicted octanol–water partition coefficient (Wildman–Crippen LogP) is 1.60. The maximum atomic E-state index is 13.1. The first kappa shape index (κ1) is 16.5. The topological polar surface area (TPSA) is 93.0 Å². The van der Waals surface area contributed by atoms with E-state index in [4.69, 9.17) is 0 Å². The molecule has 1 aliphatic heterocycles. The zero-order valence-electron chi connectivity index (χ0n) is 13.4. The van der Waals surface area contributed by atoms with Gasteiger partial charge in [-0.3, -0.25) is 9.69 Å². The maximum Gasteiger partial charge on any atom is 0.324 e. The number of rotatable bonds is 4. The second kappa shape index (κ2) is 6.71. The molecule has 132 valence electrons. The lowest BCUT2D eigenvalue weighted by Crippen LogP contribution is -2.35. The van der Waals surface area contributed by atoms with Gasteiger partial charge in [-0.25, -0.2) is 23.8 Å². The zero-order valence-corrected chi connectivity index (χ0v) is 14.2. The van der Waals surface area contributed by atoms with Gasteiger partial charge in [0.15, 0.2) is 5.65 Å². The van der Waals surface area contributed by atoms with Crippen LogP contribution in [0.3, 0.4) is 0 Å². The van der Waals surface area contributed by atoms with Crippen LogP contribution in [0.1, 0.15) is 0 Å². The van der Waals surface area contributed by atoms with Crippen LogP contribution in [0.25, 0.3) is 16.7 Å². The van der Waals surface area contributed by atoms with E-state index >= 15 is 0 Å². The van der Waals surface area contributed by atoms with E-state index in [0.717, 1.165) is 0 Å². The largest absolute Gasteiger partial charge is 0.336 e. The molecule has 0 spiro atoms. The van der Waals surface area contributed by atoms with Gasteiger partial charge in [0, 0.05) is 13.1 Å². The fourth-order valence-electron chi connectivity index (χ4n) is 2.63. The Kier molecular flexibility index (Phi) is 4.25. The van der Waals surface area contributed by atoms with Crippen molar-refractivity contribution in [1.82, 2.24) is 30.0 Å². The first-order valence-corrected chi connectivity index (χ1v) is 8.78. The van der Waals surface area contributed by atoms with Crippen molar-refractivity contribution in [3.05, 3.63) is 42.6 Å². The number of amides is 3. The average Bonchev–Trinajstić information content (AvgIpc) is 3.27. The van der Waals surface area contributed by atoms with Crippen molar-refractivity contribution in [2.45, 2.75) is 5.03 Å².